The predicted molar refractivity (Wildman–Crippen MR) is 89.0 cm³/mol. The number of aliphatic hydroxyl groups is 1. The SMILES string of the molecule is NC(N)=N/N=C(/c1ccccc1)C(O)c1ccccc1.O=[N+]([O-])O. The Labute approximate surface area is 137 Å². The van der Waals surface area contributed by atoms with Crippen LogP contribution in [0.5, 0.6) is 0 Å². The first-order valence-electron chi connectivity index (χ1n) is 6.70. The number of nitrogens with two attached hydrogens (primary N) is 2. The van der Waals surface area contributed by atoms with E-state index in [-0.39, 0.29) is 5.96 Å². The van der Waals surface area contributed by atoms with Gasteiger partial charge < -0.3 is 21.8 Å². The molecule has 9 heteroatoms. The van der Waals surface area contributed by atoms with E-state index in [0.717, 1.165) is 11.1 Å². The molecule has 0 aliphatic carbocycles. The van der Waals surface area contributed by atoms with Crippen LogP contribution in [0.15, 0.2) is 70.9 Å². The van der Waals surface area contributed by atoms with Crippen LogP contribution < -0.4 is 11.5 Å². The minimum atomic E-state index is -1.50. The van der Waals surface area contributed by atoms with Crippen molar-refractivity contribution < 1.29 is 15.4 Å². The van der Waals surface area contributed by atoms with Crippen LogP contribution in [0.4, 0.5) is 0 Å². The summed E-state index contributed by atoms with van der Waals surface area (Å²) in [4.78, 5) is 8.36. The van der Waals surface area contributed by atoms with Crippen molar-refractivity contribution >= 4 is 11.7 Å². The van der Waals surface area contributed by atoms with Gasteiger partial charge in [-0.15, -0.1) is 20.3 Å². The summed E-state index contributed by atoms with van der Waals surface area (Å²) in [5, 5.41) is 31.7. The maximum Gasteiger partial charge on any atom is 0.291 e. The fraction of sp³-hybridized carbons (Fsp3) is 0.0667. The van der Waals surface area contributed by atoms with Crippen molar-refractivity contribution in [3.63, 3.8) is 0 Å². The fourth-order valence-electron chi connectivity index (χ4n) is 1.78. The summed E-state index contributed by atoms with van der Waals surface area (Å²) >= 11 is 0. The molecule has 126 valence electrons. The molecule has 2 aromatic carbocycles. The molecular weight excluding hydrogens is 314 g/mol. The highest BCUT2D eigenvalue weighted by Gasteiger charge is 2.17. The van der Waals surface area contributed by atoms with Gasteiger partial charge in [-0.25, -0.2) is 0 Å². The Hall–Kier alpha value is -3.46. The minimum absolute atomic E-state index is 0.154. The predicted octanol–water partition coefficient (Wildman–Crippen LogP) is 1.05. The first kappa shape index (κ1) is 18.6. The molecule has 0 radical (unpaired) electrons. The van der Waals surface area contributed by atoms with E-state index in [9.17, 15) is 5.11 Å². The van der Waals surface area contributed by atoms with Crippen LogP contribution >= 0.6 is 0 Å². The Morgan fingerprint density at radius 2 is 1.46 bits per heavy atom. The molecule has 9 nitrogen and oxygen atoms in total. The molecule has 0 aromatic heterocycles. The molecule has 2 rings (SSSR count). The van der Waals surface area contributed by atoms with Gasteiger partial charge in [0.1, 0.15) is 11.8 Å². The second-order valence-electron chi connectivity index (χ2n) is 4.43. The first-order valence-corrected chi connectivity index (χ1v) is 6.70. The van der Waals surface area contributed by atoms with Crippen LogP contribution in [0.3, 0.4) is 0 Å². The van der Waals surface area contributed by atoms with Crippen LogP contribution in [0.2, 0.25) is 0 Å². The van der Waals surface area contributed by atoms with E-state index in [1.807, 2.05) is 60.7 Å². The molecule has 1 unspecified atom stereocenters. The zero-order chi connectivity index (χ0) is 17.9. The molecule has 0 bridgehead atoms. The number of aliphatic hydroxyl groups excluding tert-OH is 1. The molecule has 0 aliphatic rings. The van der Waals surface area contributed by atoms with Gasteiger partial charge in [0.05, 0.1) is 0 Å². The van der Waals surface area contributed by atoms with Gasteiger partial charge >= 0.3 is 0 Å². The Kier molecular flexibility index (Phi) is 7.39. The van der Waals surface area contributed by atoms with Gasteiger partial charge in [-0.2, -0.15) is 0 Å². The van der Waals surface area contributed by atoms with E-state index in [2.05, 4.69) is 10.2 Å². The molecule has 24 heavy (non-hydrogen) atoms. The van der Waals surface area contributed by atoms with Gasteiger partial charge in [-0.1, -0.05) is 60.7 Å². The molecule has 0 fully saturated rings. The lowest BCUT2D eigenvalue weighted by Gasteiger charge is -2.13. The van der Waals surface area contributed by atoms with Gasteiger partial charge in [0.15, 0.2) is 0 Å². The topological polar surface area (TPSA) is 160 Å². The van der Waals surface area contributed by atoms with E-state index in [0.29, 0.717) is 5.71 Å². The largest absolute Gasteiger partial charge is 0.382 e. The van der Waals surface area contributed by atoms with E-state index >= 15 is 0 Å². The van der Waals surface area contributed by atoms with Gasteiger partial charge in [0.25, 0.3) is 5.09 Å². The van der Waals surface area contributed by atoms with Crippen molar-refractivity contribution in [3.8, 4) is 0 Å². The van der Waals surface area contributed by atoms with Crippen LogP contribution in [0.1, 0.15) is 17.2 Å². The first-order chi connectivity index (χ1) is 11.4. The molecule has 6 N–H and O–H groups in total. The van der Waals surface area contributed by atoms with Crippen LogP contribution in [-0.4, -0.2) is 27.1 Å². The summed E-state index contributed by atoms with van der Waals surface area (Å²) in [7, 11) is 0. The summed E-state index contributed by atoms with van der Waals surface area (Å²) in [6.45, 7) is 0. The van der Waals surface area contributed by atoms with E-state index < -0.39 is 11.2 Å². The van der Waals surface area contributed by atoms with E-state index in [1.165, 1.54) is 0 Å². The average molecular weight is 331 g/mol. The molecule has 1 atom stereocenters. The molecular formula is C15H17N5O4. The Balaban J connectivity index is 0.000000648. The van der Waals surface area contributed by atoms with E-state index in [1.54, 1.807) is 0 Å². The number of nitrogens with zero attached hydrogens (tertiary/aromatic N) is 3. The highest BCUT2D eigenvalue weighted by molar-refractivity contribution is 6.04. The molecule has 2 aromatic rings. The minimum Gasteiger partial charge on any atom is -0.382 e. The number of benzene rings is 2. The number of hydrogen-bond acceptors (Lipinski definition) is 5. The average Bonchev–Trinajstić information content (AvgIpc) is 2.56. The van der Waals surface area contributed by atoms with E-state index in [4.69, 9.17) is 26.8 Å². The third kappa shape index (κ3) is 6.54. The molecule has 0 amide bonds. The third-order valence-corrected chi connectivity index (χ3v) is 2.72. The maximum absolute atomic E-state index is 10.5. The second kappa shape index (κ2) is 9.54. The zero-order valence-electron chi connectivity index (χ0n) is 12.6. The summed E-state index contributed by atoms with van der Waals surface area (Å²) < 4.78 is 0. The monoisotopic (exact) mass is 331 g/mol. The van der Waals surface area contributed by atoms with Crippen molar-refractivity contribution in [3.05, 3.63) is 81.9 Å². The van der Waals surface area contributed by atoms with Crippen molar-refractivity contribution in [2.45, 2.75) is 6.10 Å². The lowest BCUT2D eigenvalue weighted by molar-refractivity contribution is -0.742. The summed E-state index contributed by atoms with van der Waals surface area (Å²) in [5.41, 5.74) is 12.5. The molecule has 0 aliphatic heterocycles. The summed E-state index contributed by atoms with van der Waals surface area (Å²) in [6.07, 6.45) is -0.901. The zero-order valence-corrected chi connectivity index (χ0v) is 12.6. The van der Waals surface area contributed by atoms with Crippen molar-refractivity contribution in [2.24, 2.45) is 21.7 Å². The molecule has 0 saturated heterocycles. The second-order valence-corrected chi connectivity index (χ2v) is 4.43. The van der Waals surface area contributed by atoms with Gasteiger partial charge in [-0.3, -0.25) is 0 Å². The number of guanidine groups is 1. The molecule has 0 heterocycles. The Bertz CT molecular complexity index is 696. The van der Waals surface area contributed by atoms with Gasteiger partial charge in [-0.05, 0) is 5.56 Å². The van der Waals surface area contributed by atoms with Crippen LogP contribution in [-0.2, 0) is 0 Å². The number of hydrogen-bond donors (Lipinski definition) is 4. The highest BCUT2D eigenvalue weighted by Crippen LogP contribution is 2.19. The fourth-order valence-corrected chi connectivity index (χ4v) is 1.78. The smallest absolute Gasteiger partial charge is 0.291 e. The van der Waals surface area contributed by atoms with Crippen molar-refractivity contribution in [1.29, 1.82) is 0 Å². The van der Waals surface area contributed by atoms with Gasteiger partial charge in [0, 0.05) is 5.56 Å². The lowest BCUT2D eigenvalue weighted by atomic mass is 9.99. The van der Waals surface area contributed by atoms with Crippen LogP contribution in [0.25, 0.3) is 0 Å². The van der Waals surface area contributed by atoms with Crippen molar-refractivity contribution in [2.75, 3.05) is 0 Å². The highest BCUT2D eigenvalue weighted by atomic mass is 16.9. The molecule has 0 spiro atoms. The Morgan fingerprint density at radius 3 is 1.92 bits per heavy atom. The maximum atomic E-state index is 10.5. The Morgan fingerprint density at radius 1 is 1.00 bits per heavy atom. The molecule has 0 saturated carbocycles. The number of rotatable bonds is 4. The standard InChI is InChI=1S/C15H16N4O.HNO3/c16-15(17)19-18-13(11-7-3-1-4-8-11)14(20)12-9-5-2-6-10-12;2-1(3)4/h1-10,14,20H,(H4,16,17,19);(H,2,3,4)/b18-13-;. The van der Waals surface area contributed by atoms with Crippen LogP contribution in [0, 0.1) is 10.1 Å². The third-order valence-electron chi connectivity index (χ3n) is 2.72. The normalized spacial score (nSPS) is 11.6. The summed E-state index contributed by atoms with van der Waals surface area (Å²) in [6, 6.07) is 18.5. The van der Waals surface area contributed by atoms with Crippen molar-refractivity contribution in [1.82, 2.24) is 0 Å². The van der Waals surface area contributed by atoms with Gasteiger partial charge in [0.2, 0.25) is 5.96 Å². The lowest BCUT2D eigenvalue weighted by Crippen LogP contribution is -2.22. The summed E-state index contributed by atoms with van der Waals surface area (Å²) in [5.74, 6) is -0.154. The quantitative estimate of drug-likeness (QED) is 0.283.